The van der Waals surface area contributed by atoms with Crippen LogP contribution in [0.15, 0.2) is 16.7 Å². The number of hydrogen-bond acceptors (Lipinski definition) is 4. The van der Waals surface area contributed by atoms with E-state index in [1.807, 2.05) is 0 Å². The molecule has 1 aromatic heterocycles. The summed E-state index contributed by atoms with van der Waals surface area (Å²) in [4.78, 5) is 3.90. The molecule has 0 aromatic carbocycles. The van der Waals surface area contributed by atoms with E-state index < -0.39 is 0 Å². The average Bonchev–Trinajstić information content (AvgIpc) is 2.26. The molecule has 0 atom stereocenters. The highest BCUT2D eigenvalue weighted by Gasteiger charge is 2.02. The lowest BCUT2D eigenvalue weighted by molar-refractivity contribution is 0.0921. The Kier molecular flexibility index (Phi) is 6.29. The minimum atomic E-state index is -0.384. The third-order valence-corrected chi connectivity index (χ3v) is 2.24. The van der Waals surface area contributed by atoms with Crippen LogP contribution in [0.1, 0.15) is 6.42 Å². The molecule has 0 spiro atoms. The van der Waals surface area contributed by atoms with E-state index >= 15 is 0 Å². The number of nitrogens with zero attached hydrogens (tertiary/aromatic N) is 1. The molecule has 6 heteroatoms. The molecule has 0 amide bonds. The van der Waals surface area contributed by atoms with Crippen LogP contribution in [-0.2, 0) is 4.74 Å². The molecule has 0 radical (unpaired) electrons. The van der Waals surface area contributed by atoms with E-state index in [4.69, 9.17) is 9.84 Å². The number of halogens is 2. The van der Waals surface area contributed by atoms with E-state index in [1.54, 1.807) is 0 Å². The first-order chi connectivity index (χ1) is 7.74. The summed E-state index contributed by atoms with van der Waals surface area (Å²) in [5.41, 5.74) is 0. The minimum Gasteiger partial charge on any atom is -0.394 e. The molecule has 1 rings (SSSR count). The van der Waals surface area contributed by atoms with Crippen molar-refractivity contribution in [1.29, 1.82) is 0 Å². The average molecular weight is 293 g/mol. The fourth-order valence-electron chi connectivity index (χ4n) is 1.09. The highest BCUT2D eigenvalue weighted by molar-refractivity contribution is 9.10. The van der Waals surface area contributed by atoms with Gasteiger partial charge in [0.1, 0.15) is 0 Å². The van der Waals surface area contributed by atoms with Gasteiger partial charge in [-0.15, -0.1) is 0 Å². The normalized spacial score (nSPS) is 10.4. The number of ether oxygens (including phenoxy) is 1. The molecule has 0 bridgehead atoms. The summed E-state index contributed by atoms with van der Waals surface area (Å²) in [7, 11) is 0. The van der Waals surface area contributed by atoms with Crippen LogP contribution in [0.2, 0.25) is 0 Å². The second-order valence-electron chi connectivity index (χ2n) is 3.10. The highest BCUT2D eigenvalue weighted by Crippen LogP contribution is 2.15. The highest BCUT2D eigenvalue weighted by atomic mass is 79.9. The number of hydrogen-bond donors (Lipinski definition) is 2. The molecule has 2 N–H and O–H groups in total. The fraction of sp³-hybridized carbons (Fsp3) is 0.500. The van der Waals surface area contributed by atoms with Gasteiger partial charge in [-0.25, -0.2) is 9.37 Å². The quantitative estimate of drug-likeness (QED) is 0.753. The third kappa shape index (κ3) is 4.87. The van der Waals surface area contributed by atoms with Gasteiger partial charge in [-0.2, -0.15) is 0 Å². The first-order valence-corrected chi connectivity index (χ1v) is 5.77. The van der Waals surface area contributed by atoms with E-state index in [9.17, 15) is 4.39 Å². The number of aliphatic hydroxyl groups is 1. The van der Waals surface area contributed by atoms with Crippen LogP contribution < -0.4 is 5.32 Å². The number of anilines is 1. The van der Waals surface area contributed by atoms with Gasteiger partial charge < -0.3 is 15.2 Å². The summed E-state index contributed by atoms with van der Waals surface area (Å²) >= 11 is 3.13. The van der Waals surface area contributed by atoms with Crippen LogP contribution in [0.25, 0.3) is 0 Å². The predicted molar refractivity (Wildman–Crippen MR) is 62.9 cm³/mol. The van der Waals surface area contributed by atoms with E-state index in [1.165, 1.54) is 12.3 Å². The first kappa shape index (κ1) is 13.3. The molecule has 0 saturated carbocycles. The Morgan fingerprint density at radius 1 is 1.50 bits per heavy atom. The number of nitrogens with one attached hydrogen (secondary N) is 1. The molecule has 0 aliphatic carbocycles. The van der Waals surface area contributed by atoms with Gasteiger partial charge in [0.15, 0.2) is 11.6 Å². The maximum Gasteiger partial charge on any atom is 0.166 e. The van der Waals surface area contributed by atoms with Crippen molar-refractivity contribution in [3.05, 3.63) is 22.6 Å². The summed E-state index contributed by atoms with van der Waals surface area (Å²) in [6.07, 6.45) is 2.27. The summed E-state index contributed by atoms with van der Waals surface area (Å²) in [6.45, 7) is 1.48. The second-order valence-corrected chi connectivity index (χ2v) is 4.02. The number of aliphatic hydroxyl groups excluding tert-OH is 1. The molecule has 0 saturated heterocycles. The molecule has 1 heterocycles. The monoisotopic (exact) mass is 292 g/mol. The van der Waals surface area contributed by atoms with Crippen LogP contribution in [0.5, 0.6) is 0 Å². The van der Waals surface area contributed by atoms with Crippen molar-refractivity contribution >= 4 is 21.7 Å². The van der Waals surface area contributed by atoms with Crippen molar-refractivity contribution in [2.75, 3.05) is 31.7 Å². The number of rotatable bonds is 7. The van der Waals surface area contributed by atoms with Gasteiger partial charge in [-0.05, 0) is 28.4 Å². The Labute approximate surface area is 102 Å². The van der Waals surface area contributed by atoms with E-state index in [2.05, 4.69) is 26.2 Å². The van der Waals surface area contributed by atoms with Crippen molar-refractivity contribution in [2.24, 2.45) is 0 Å². The smallest absolute Gasteiger partial charge is 0.166 e. The lowest BCUT2D eigenvalue weighted by Crippen LogP contribution is -2.09. The molecule has 0 fully saturated rings. The minimum absolute atomic E-state index is 0.0241. The number of aromatic nitrogens is 1. The van der Waals surface area contributed by atoms with E-state index in [-0.39, 0.29) is 18.2 Å². The van der Waals surface area contributed by atoms with Gasteiger partial charge in [-0.3, -0.25) is 0 Å². The van der Waals surface area contributed by atoms with Crippen LogP contribution in [-0.4, -0.2) is 36.5 Å². The Hall–Kier alpha value is -0.720. The Balaban J connectivity index is 2.21. The van der Waals surface area contributed by atoms with Crippen molar-refractivity contribution in [3.8, 4) is 0 Å². The molecular weight excluding hydrogens is 279 g/mol. The van der Waals surface area contributed by atoms with Gasteiger partial charge in [0.05, 0.1) is 13.2 Å². The molecule has 4 nitrogen and oxygen atoms in total. The van der Waals surface area contributed by atoms with E-state index in [0.717, 1.165) is 6.42 Å². The Morgan fingerprint density at radius 3 is 3.00 bits per heavy atom. The van der Waals surface area contributed by atoms with Gasteiger partial charge in [0.2, 0.25) is 0 Å². The van der Waals surface area contributed by atoms with Crippen molar-refractivity contribution < 1.29 is 14.2 Å². The van der Waals surface area contributed by atoms with Gasteiger partial charge in [-0.1, -0.05) is 0 Å². The van der Waals surface area contributed by atoms with Gasteiger partial charge >= 0.3 is 0 Å². The Bertz CT molecular complexity index is 326. The molecule has 1 aromatic rings. The van der Waals surface area contributed by atoms with Gasteiger partial charge in [0, 0.05) is 23.8 Å². The number of pyridine rings is 1. The Morgan fingerprint density at radius 2 is 2.31 bits per heavy atom. The topological polar surface area (TPSA) is 54.4 Å². The first-order valence-electron chi connectivity index (χ1n) is 4.97. The van der Waals surface area contributed by atoms with Crippen LogP contribution in [0, 0.1) is 5.82 Å². The summed E-state index contributed by atoms with van der Waals surface area (Å²) < 4.78 is 18.9. The summed E-state index contributed by atoms with van der Waals surface area (Å²) in [6, 6.07) is 1.36. The van der Waals surface area contributed by atoms with Crippen LogP contribution in [0.3, 0.4) is 0 Å². The van der Waals surface area contributed by atoms with Crippen molar-refractivity contribution in [3.63, 3.8) is 0 Å². The van der Waals surface area contributed by atoms with Crippen molar-refractivity contribution in [1.82, 2.24) is 4.98 Å². The van der Waals surface area contributed by atoms with Crippen LogP contribution in [0.4, 0.5) is 10.2 Å². The van der Waals surface area contributed by atoms with Gasteiger partial charge in [0.25, 0.3) is 0 Å². The lowest BCUT2D eigenvalue weighted by Gasteiger charge is -2.06. The molecule has 16 heavy (non-hydrogen) atoms. The van der Waals surface area contributed by atoms with E-state index in [0.29, 0.717) is 24.2 Å². The van der Waals surface area contributed by atoms with Crippen molar-refractivity contribution in [2.45, 2.75) is 6.42 Å². The maximum absolute atomic E-state index is 13.3. The van der Waals surface area contributed by atoms with Crippen LogP contribution >= 0.6 is 15.9 Å². The second kappa shape index (κ2) is 7.54. The zero-order chi connectivity index (χ0) is 11.8. The SMILES string of the molecule is OCCOCCCNc1ncc(Br)cc1F. The third-order valence-electron chi connectivity index (χ3n) is 1.80. The summed E-state index contributed by atoms with van der Waals surface area (Å²) in [5, 5.41) is 11.3. The molecule has 90 valence electrons. The largest absolute Gasteiger partial charge is 0.394 e. The predicted octanol–water partition coefficient (Wildman–Crippen LogP) is 1.79. The zero-order valence-corrected chi connectivity index (χ0v) is 10.3. The molecule has 0 aliphatic heterocycles. The molecule has 0 aliphatic rings. The summed E-state index contributed by atoms with van der Waals surface area (Å²) in [5.74, 6) is -0.143. The molecule has 0 unspecified atom stereocenters. The zero-order valence-electron chi connectivity index (χ0n) is 8.75. The lowest BCUT2D eigenvalue weighted by atomic mass is 10.4. The standard InChI is InChI=1S/C10H14BrFN2O2/c11-8-6-9(12)10(14-7-8)13-2-1-4-16-5-3-15/h6-7,15H,1-5H2,(H,13,14). The maximum atomic E-state index is 13.3. The fourth-order valence-corrected chi connectivity index (χ4v) is 1.40. The molecular formula is C10H14BrFN2O2.